The molecule has 1 amide bonds. The molecule has 0 radical (unpaired) electrons. The molecule has 18 heavy (non-hydrogen) atoms. The van der Waals surface area contributed by atoms with E-state index in [1.54, 1.807) is 0 Å². The molecule has 7 nitrogen and oxygen atoms in total. The number of carbonyl (C=O) groups is 3. The number of methoxy groups -OCH3 is 1. The molecule has 0 aromatic rings. The number of hydrogen-bond acceptors (Lipinski definition) is 6. The minimum Gasteiger partial charge on any atom is -0.480 e. The molecule has 106 valence electrons. The molecule has 0 bridgehead atoms. The first-order chi connectivity index (χ1) is 7.92. The van der Waals surface area contributed by atoms with Gasteiger partial charge in [-0.25, -0.2) is 4.79 Å². The Morgan fingerprint density at radius 1 is 1.44 bits per heavy atom. The zero-order valence-corrected chi connectivity index (χ0v) is 11.5. The zero-order chi connectivity index (χ0) is 13.4. The van der Waals surface area contributed by atoms with E-state index in [4.69, 9.17) is 10.8 Å². The molecule has 0 saturated heterocycles. The van der Waals surface area contributed by atoms with Crippen LogP contribution in [0.1, 0.15) is 12.8 Å². The molecular weight excluding hydrogens is 284 g/mol. The molecule has 0 unspecified atom stereocenters. The van der Waals surface area contributed by atoms with Crippen LogP contribution in [-0.4, -0.2) is 47.9 Å². The summed E-state index contributed by atoms with van der Waals surface area (Å²) in [5, 5.41) is 10.9. The maximum Gasteiger partial charge on any atom is 0.329 e. The Labute approximate surface area is 116 Å². The number of hydrogen-bond donors (Lipinski definition) is 4. The number of esters is 1. The summed E-state index contributed by atoms with van der Waals surface area (Å²) < 4.78 is 4.45. The van der Waals surface area contributed by atoms with Crippen LogP contribution in [0.4, 0.5) is 0 Å². The Morgan fingerprint density at radius 3 is 2.39 bits per heavy atom. The summed E-state index contributed by atoms with van der Waals surface area (Å²) in [5.74, 6) is -2.14. The molecule has 0 aromatic heterocycles. The number of amides is 1. The van der Waals surface area contributed by atoms with Gasteiger partial charge in [0.05, 0.1) is 7.11 Å². The molecule has 0 aliphatic heterocycles. The number of rotatable bonds is 7. The quantitative estimate of drug-likeness (QED) is 0.361. The fourth-order valence-electron chi connectivity index (χ4n) is 0.998. The minimum absolute atomic E-state index is 0. The van der Waals surface area contributed by atoms with E-state index in [1.807, 2.05) is 0 Å². The van der Waals surface area contributed by atoms with Gasteiger partial charge in [0.2, 0.25) is 5.91 Å². The first-order valence-electron chi connectivity index (χ1n) is 4.88. The van der Waals surface area contributed by atoms with Crippen LogP contribution >= 0.6 is 25.0 Å². The van der Waals surface area contributed by atoms with Crippen molar-refractivity contribution in [2.24, 2.45) is 5.73 Å². The van der Waals surface area contributed by atoms with Crippen LogP contribution in [0.5, 0.6) is 0 Å². The molecule has 4 N–H and O–H groups in total. The van der Waals surface area contributed by atoms with Crippen LogP contribution in [0.2, 0.25) is 0 Å². The standard InChI is InChI=1S/C9H16N2O5S.ClH/c1-16-9(15)6(4-17)11-7(12)3-2-5(10)8(13)14;/h5-6,17H,2-4,10H2,1H3,(H,11,12)(H,13,14);1H/t5-,6-;/m0./s1. The average Bonchev–Trinajstić information content (AvgIpc) is 2.31. The highest BCUT2D eigenvalue weighted by molar-refractivity contribution is 7.80. The fraction of sp³-hybridized carbons (Fsp3) is 0.667. The predicted molar refractivity (Wildman–Crippen MR) is 69.9 cm³/mol. The summed E-state index contributed by atoms with van der Waals surface area (Å²) in [5.41, 5.74) is 5.23. The summed E-state index contributed by atoms with van der Waals surface area (Å²) in [6.45, 7) is 0. The monoisotopic (exact) mass is 300 g/mol. The van der Waals surface area contributed by atoms with Crippen molar-refractivity contribution in [3.63, 3.8) is 0 Å². The lowest BCUT2D eigenvalue weighted by Crippen LogP contribution is -2.43. The van der Waals surface area contributed by atoms with Crippen LogP contribution in [0.3, 0.4) is 0 Å². The Hall–Kier alpha value is -0.990. The smallest absolute Gasteiger partial charge is 0.329 e. The van der Waals surface area contributed by atoms with E-state index in [2.05, 4.69) is 22.7 Å². The number of ether oxygens (including phenoxy) is 1. The summed E-state index contributed by atoms with van der Waals surface area (Å²) >= 11 is 3.89. The van der Waals surface area contributed by atoms with Crippen molar-refractivity contribution in [1.29, 1.82) is 0 Å². The van der Waals surface area contributed by atoms with Gasteiger partial charge >= 0.3 is 11.9 Å². The van der Waals surface area contributed by atoms with Crippen LogP contribution in [0.25, 0.3) is 0 Å². The third-order valence-electron chi connectivity index (χ3n) is 2.00. The zero-order valence-electron chi connectivity index (χ0n) is 9.79. The summed E-state index contributed by atoms with van der Waals surface area (Å²) in [6.07, 6.45) is -0.0730. The van der Waals surface area contributed by atoms with Crippen LogP contribution in [-0.2, 0) is 19.1 Å². The number of nitrogens with two attached hydrogens (primary N) is 1. The Morgan fingerprint density at radius 2 is 2.00 bits per heavy atom. The molecule has 0 fully saturated rings. The van der Waals surface area contributed by atoms with Crippen molar-refractivity contribution in [3.8, 4) is 0 Å². The highest BCUT2D eigenvalue weighted by Crippen LogP contribution is 1.98. The molecule has 2 atom stereocenters. The van der Waals surface area contributed by atoms with Gasteiger partial charge in [0.25, 0.3) is 0 Å². The third kappa shape index (κ3) is 7.36. The number of carboxylic acids is 1. The van der Waals surface area contributed by atoms with Gasteiger partial charge in [0.1, 0.15) is 12.1 Å². The van der Waals surface area contributed by atoms with Crippen molar-refractivity contribution >= 4 is 42.9 Å². The highest BCUT2D eigenvalue weighted by atomic mass is 35.5. The lowest BCUT2D eigenvalue weighted by molar-refractivity contribution is -0.144. The van der Waals surface area contributed by atoms with Gasteiger partial charge in [-0.2, -0.15) is 12.6 Å². The fourth-order valence-corrected chi connectivity index (χ4v) is 1.24. The lowest BCUT2D eigenvalue weighted by Gasteiger charge is -2.14. The molecule has 0 heterocycles. The number of nitrogens with one attached hydrogen (secondary N) is 1. The number of carbonyl (C=O) groups excluding carboxylic acids is 2. The maximum atomic E-state index is 11.4. The predicted octanol–water partition coefficient (Wildman–Crippen LogP) is -0.812. The third-order valence-corrected chi connectivity index (χ3v) is 2.37. The van der Waals surface area contributed by atoms with E-state index in [-0.39, 0.29) is 31.0 Å². The van der Waals surface area contributed by atoms with Gasteiger partial charge in [-0.3, -0.25) is 9.59 Å². The molecular formula is C9H17ClN2O5S. The van der Waals surface area contributed by atoms with Crippen LogP contribution in [0.15, 0.2) is 0 Å². The summed E-state index contributed by atoms with van der Waals surface area (Å²) in [6, 6.07) is -1.93. The van der Waals surface area contributed by atoms with Gasteiger partial charge in [-0.15, -0.1) is 12.4 Å². The SMILES string of the molecule is COC(=O)[C@H](CS)NC(=O)CC[C@H](N)C(=O)O.Cl. The van der Waals surface area contributed by atoms with E-state index in [0.29, 0.717) is 0 Å². The molecule has 0 aromatic carbocycles. The topological polar surface area (TPSA) is 119 Å². The van der Waals surface area contributed by atoms with E-state index in [0.717, 1.165) is 0 Å². The van der Waals surface area contributed by atoms with E-state index in [9.17, 15) is 14.4 Å². The van der Waals surface area contributed by atoms with Crippen molar-refractivity contribution in [2.75, 3.05) is 12.9 Å². The number of thiol groups is 1. The van der Waals surface area contributed by atoms with Crippen LogP contribution < -0.4 is 11.1 Å². The second kappa shape index (κ2) is 9.98. The summed E-state index contributed by atoms with van der Waals surface area (Å²) in [7, 11) is 1.20. The average molecular weight is 301 g/mol. The maximum absolute atomic E-state index is 11.4. The van der Waals surface area contributed by atoms with Gasteiger partial charge in [0, 0.05) is 12.2 Å². The van der Waals surface area contributed by atoms with Gasteiger partial charge in [-0.05, 0) is 6.42 Å². The number of carboxylic acid groups (broad SMARTS) is 1. The van der Waals surface area contributed by atoms with Crippen molar-refractivity contribution in [3.05, 3.63) is 0 Å². The highest BCUT2D eigenvalue weighted by Gasteiger charge is 2.20. The second-order valence-electron chi connectivity index (χ2n) is 3.31. The number of aliphatic carboxylic acids is 1. The normalized spacial score (nSPS) is 12.8. The second-order valence-corrected chi connectivity index (χ2v) is 3.67. The lowest BCUT2D eigenvalue weighted by atomic mass is 10.1. The molecule has 0 saturated carbocycles. The van der Waals surface area contributed by atoms with Gasteiger partial charge in [0.15, 0.2) is 0 Å². The minimum atomic E-state index is -1.17. The molecule has 0 aliphatic rings. The molecule has 0 spiro atoms. The van der Waals surface area contributed by atoms with Gasteiger partial charge in [-0.1, -0.05) is 0 Å². The molecule has 0 rings (SSSR count). The van der Waals surface area contributed by atoms with Crippen molar-refractivity contribution < 1.29 is 24.2 Å². The van der Waals surface area contributed by atoms with Crippen LogP contribution in [0, 0.1) is 0 Å². The Balaban J connectivity index is 0. The molecule has 0 aliphatic carbocycles. The first-order valence-corrected chi connectivity index (χ1v) is 5.52. The summed E-state index contributed by atoms with van der Waals surface area (Å²) in [4.78, 5) is 32.9. The largest absolute Gasteiger partial charge is 0.480 e. The van der Waals surface area contributed by atoms with Gasteiger partial charge < -0.3 is 20.9 Å². The van der Waals surface area contributed by atoms with E-state index >= 15 is 0 Å². The number of halogens is 1. The first kappa shape index (κ1) is 19.4. The van der Waals surface area contributed by atoms with E-state index in [1.165, 1.54) is 7.11 Å². The van der Waals surface area contributed by atoms with Crippen molar-refractivity contribution in [2.45, 2.75) is 24.9 Å². The molecule has 9 heteroatoms. The van der Waals surface area contributed by atoms with Crippen molar-refractivity contribution in [1.82, 2.24) is 5.32 Å². The Kier molecular flexibility index (Phi) is 10.7. The van der Waals surface area contributed by atoms with E-state index < -0.39 is 29.9 Å². The Bertz CT molecular complexity index is 303.